The summed E-state index contributed by atoms with van der Waals surface area (Å²) in [6, 6.07) is 3.78. The van der Waals surface area contributed by atoms with Gasteiger partial charge < -0.3 is 15.0 Å². The number of carbonyl (C=O) groups excluding carboxylic acids is 3. The quantitative estimate of drug-likeness (QED) is 0.802. The molecule has 27 heavy (non-hydrogen) atoms. The molecule has 1 saturated carbocycles. The van der Waals surface area contributed by atoms with Crippen molar-refractivity contribution in [2.24, 2.45) is 17.8 Å². The van der Waals surface area contributed by atoms with Crippen LogP contribution in [0.4, 0.5) is 10.1 Å². The number of nitrogens with one attached hydrogen (secondary N) is 1. The fraction of sp³-hybridized carbons (Fsp3) is 0.550. The van der Waals surface area contributed by atoms with Gasteiger partial charge in [-0.15, -0.1) is 0 Å². The first-order valence-corrected chi connectivity index (χ1v) is 9.47. The number of hydrogen-bond acceptors (Lipinski definition) is 4. The van der Waals surface area contributed by atoms with Crippen molar-refractivity contribution >= 4 is 23.5 Å². The summed E-state index contributed by atoms with van der Waals surface area (Å²) < 4.78 is 18.9. The number of halogens is 1. The Labute approximate surface area is 158 Å². The molecule has 1 aromatic rings. The number of ether oxygens (including phenoxy) is 1. The number of carbonyl (C=O) groups is 3. The molecule has 1 heterocycles. The minimum absolute atomic E-state index is 0.0545. The third-order valence-corrected chi connectivity index (χ3v) is 5.24. The largest absolute Gasteiger partial charge is 0.466 e. The van der Waals surface area contributed by atoms with E-state index in [1.165, 1.54) is 17.0 Å². The zero-order chi connectivity index (χ0) is 19.6. The van der Waals surface area contributed by atoms with Gasteiger partial charge in [0.15, 0.2) is 0 Å². The van der Waals surface area contributed by atoms with Gasteiger partial charge in [0.05, 0.1) is 23.8 Å². The van der Waals surface area contributed by atoms with Crippen molar-refractivity contribution in [1.82, 2.24) is 4.90 Å². The van der Waals surface area contributed by atoms with Crippen LogP contribution in [0.15, 0.2) is 18.2 Å². The van der Waals surface area contributed by atoms with Crippen molar-refractivity contribution in [3.63, 3.8) is 0 Å². The number of amides is 2. The third-order valence-electron chi connectivity index (χ3n) is 5.24. The topological polar surface area (TPSA) is 75.7 Å². The second-order valence-corrected chi connectivity index (χ2v) is 7.34. The van der Waals surface area contributed by atoms with E-state index in [0.29, 0.717) is 37.6 Å². The standard InChI is InChI=1S/C20H25FN2O4/c1-3-27-20(26)13-5-4-8-23(11-13)19(25)16-10-14(21)6-7-17(16)22-18(24)15-9-12(15)2/h6-7,10,12-13,15H,3-5,8-9,11H2,1-2H3,(H,22,24)/t12-,13+,15-/m0/s1. The highest BCUT2D eigenvalue weighted by molar-refractivity contribution is 6.04. The summed E-state index contributed by atoms with van der Waals surface area (Å²) in [4.78, 5) is 38.8. The van der Waals surface area contributed by atoms with Crippen LogP contribution in [0.25, 0.3) is 0 Å². The Hall–Kier alpha value is -2.44. The number of hydrogen-bond donors (Lipinski definition) is 1. The molecule has 0 bridgehead atoms. The Morgan fingerprint density at radius 1 is 1.33 bits per heavy atom. The molecule has 2 fully saturated rings. The van der Waals surface area contributed by atoms with Crippen LogP contribution in [0, 0.1) is 23.6 Å². The van der Waals surface area contributed by atoms with E-state index in [1.807, 2.05) is 6.92 Å². The van der Waals surface area contributed by atoms with Gasteiger partial charge in [0.2, 0.25) is 5.91 Å². The van der Waals surface area contributed by atoms with Gasteiger partial charge in [0.25, 0.3) is 5.91 Å². The Kier molecular flexibility index (Phi) is 5.77. The number of piperidine rings is 1. The highest BCUT2D eigenvalue weighted by Gasteiger charge is 2.39. The van der Waals surface area contributed by atoms with Crippen LogP contribution in [0.1, 0.15) is 43.5 Å². The van der Waals surface area contributed by atoms with Gasteiger partial charge >= 0.3 is 5.97 Å². The van der Waals surface area contributed by atoms with Crippen LogP contribution in [-0.4, -0.2) is 42.4 Å². The summed E-state index contributed by atoms with van der Waals surface area (Å²) in [5, 5.41) is 2.76. The Morgan fingerprint density at radius 3 is 2.74 bits per heavy atom. The van der Waals surface area contributed by atoms with Crippen molar-refractivity contribution in [3.8, 4) is 0 Å². The van der Waals surface area contributed by atoms with Gasteiger partial charge in [-0.25, -0.2) is 4.39 Å². The summed E-state index contributed by atoms with van der Waals surface area (Å²) in [5.74, 6) is -1.49. The average molecular weight is 376 g/mol. The van der Waals surface area contributed by atoms with Crippen LogP contribution in [-0.2, 0) is 14.3 Å². The summed E-state index contributed by atoms with van der Waals surface area (Å²) >= 11 is 0. The fourth-order valence-electron chi connectivity index (χ4n) is 3.50. The number of likely N-dealkylation sites (tertiary alicyclic amines) is 1. The van der Waals surface area contributed by atoms with Crippen LogP contribution in [0.3, 0.4) is 0 Å². The second kappa shape index (κ2) is 8.06. The summed E-state index contributed by atoms with van der Waals surface area (Å²) in [6.07, 6.45) is 2.16. The van der Waals surface area contributed by atoms with E-state index in [4.69, 9.17) is 4.74 Å². The van der Waals surface area contributed by atoms with E-state index >= 15 is 0 Å². The molecule has 146 valence electrons. The van der Waals surface area contributed by atoms with E-state index in [1.54, 1.807) is 6.92 Å². The van der Waals surface area contributed by atoms with E-state index < -0.39 is 5.82 Å². The highest BCUT2D eigenvalue weighted by Crippen LogP contribution is 2.38. The molecule has 1 aromatic carbocycles. The number of benzene rings is 1. The van der Waals surface area contributed by atoms with Crippen LogP contribution in [0.2, 0.25) is 0 Å². The van der Waals surface area contributed by atoms with Crippen LogP contribution < -0.4 is 5.32 Å². The van der Waals surface area contributed by atoms with Gasteiger partial charge in [-0.05, 0) is 50.3 Å². The van der Waals surface area contributed by atoms with Gasteiger partial charge in [0, 0.05) is 19.0 Å². The van der Waals surface area contributed by atoms with E-state index in [0.717, 1.165) is 12.5 Å². The van der Waals surface area contributed by atoms with Gasteiger partial charge in [-0.1, -0.05) is 6.92 Å². The van der Waals surface area contributed by atoms with Crippen molar-refractivity contribution in [1.29, 1.82) is 0 Å². The first-order chi connectivity index (χ1) is 12.9. The first kappa shape index (κ1) is 19.3. The number of rotatable bonds is 5. The lowest BCUT2D eigenvalue weighted by Gasteiger charge is -2.32. The SMILES string of the molecule is CCOC(=O)[C@@H]1CCCN(C(=O)c2cc(F)ccc2NC(=O)[C@H]2C[C@@H]2C)C1. The molecule has 3 rings (SSSR count). The molecular formula is C20H25FN2O4. The van der Waals surface area contributed by atoms with Crippen molar-refractivity contribution < 1.29 is 23.5 Å². The fourth-order valence-corrected chi connectivity index (χ4v) is 3.50. The maximum absolute atomic E-state index is 13.8. The molecule has 0 spiro atoms. The van der Waals surface area contributed by atoms with Crippen molar-refractivity contribution in [3.05, 3.63) is 29.6 Å². The monoisotopic (exact) mass is 376 g/mol. The molecular weight excluding hydrogens is 351 g/mol. The lowest BCUT2D eigenvalue weighted by Crippen LogP contribution is -2.43. The molecule has 2 aliphatic rings. The molecule has 7 heteroatoms. The van der Waals surface area contributed by atoms with Crippen molar-refractivity contribution in [2.45, 2.75) is 33.1 Å². The Bertz CT molecular complexity index is 751. The molecule has 1 saturated heterocycles. The van der Waals surface area contributed by atoms with Crippen molar-refractivity contribution in [2.75, 3.05) is 25.0 Å². The molecule has 1 N–H and O–H groups in total. The smallest absolute Gasteiger partial charge is 0.310 e. The minimum Gasteiger partial charge on any atom is -0.466 e. The number of nitrogens with zero attached hydrogens (tertiary/aromatic N) is 1. The van der Waals surface area contributed by atoms with Crippen LogP contribution >= 0.6 is 0 Å². The molecule has 3 atom stereocenters. The third kappa shape index (κ3) is 4.46. The molecule has 2 amide bonds. The zero-order valence-electron chi connectivity index (χ0n) is 15.7. The Morgan fingerprint density at radius 2 is 2.07 bits per heavy atom. The van der Waals surface area contributed by atoms with E-state index in [-0.39, 0.29) is 41.7 Å². The van der Waals surface area contributed by atoms with Gasteiger partial charge in [-0.2, -0.15) is 0 Å². The minimum atomic E-state index is -0.546. The van der Waals surface area contributed by atoms with Gasteiger partial charge in [-0.3, -0.25) is 14.4 Å². The normalized spacial score (nSPS) is 24.3. The maximum Gasteiger partial charge on any atom is 0.310 e. The lowest BCUT2D eigenvalue weighted by molar-refractivity contribution is -0.149. The van der Waals surface area contributed by atoms with Gasteiger partial charge in [0.1, 0.15) is 5.82 Å². The molecule has 0 aromatic heterocycles. The molecule has 0 radical (unpaired) electrons. The average Bonchev–Trinajstić information content (AvgIpc) is 3.40. The summed E-state index contributed by atoms with van der Waals surface area (Å²) in [6.45, 7) is 4.75. The summed E-state index contributed by atoms with van der Waals surface area (Å²) in [7, 11) is 0. The number of esters is 1. The highest BCUT2D eigenvalue weighted by atomic mass is 19.1. The maximum atomic E-state index is 13.8. The zero-order valence-corrected chi connectivity index (χ0v) is 15.7. The molecule has 0 unspecified atom stereocenters. The molecule has 1 aliphatic carbocycles. The predicted molar refractivity (Wildman–Crippen MR) is 97.6 cm³/mol. The lowest BCUT2D eigenvalue weighted by atomic mass is 9.97. The molecule has 1 aliphatic heterocycles. The second-order valence-electron chi connectivity index (χ2n) is 7.34. The number of anilines is 1. The van der Waals surface area contributed by atoms with Crippen LogP contribution in [0.5, 0.6) is 0 Å². The van der Waals surface area contributed by atoms with E-state index in [9.17, 15) is 18.8 Å². The predicted octanol–water partition coefficient (Wildman–Crippen LogP) is 2.84. The Balaban J connectivity index is 1.76. The molecule has 6 nitrogen and oxygen atoms in total. The summed E-state index contributed by atoms with van der Waals surface area (Å²) in [5.41, 5.74) is 0.421. The van der Waals surface area contributed by atoms with E-state index in [2.05, 4.69) is 5.32 Å². The first-order valence-electron chi connectivity index (χ1n) is 9.47.